The van der Waals surface area contributed by atoms with Gasteiger partial charge in [0, 0.05) is 25.1 Å². The average Bonchev–Trinajstić information content (AvgIpc) is 2.26. The van der Waals surface area contributed by atoms with Crippen molar-refractivity contribution >= 4 is 21.7 Å². The van der Waals surface area contributed by atoms with Gasteiger partial charge in [-0.1, -0.05) is 13.8 Å². The number of hydrogen-bond donors (Lipinski definition) is 1. The summed E-state index contributed by atoms with van der Waals surface area (Å²) in [7, 11) is 0. The second-order valence-corrected chi connectivity index (χ2v) is 5.95. The molecule has 0 amide bonds. The molecule has 0 unspecified atom stereocenters. The molecule has 0 aromatic carbocycles. The Morgan fingerprint density at radius 3 is 2.61 bits per heavy atom. The third-order valence-corrected chi connectivity index (χ3v) is 2.87. The Morgan fingerprint density at radius 2 is 2.06 bits per heavy atom. The molecule has 1 aromatic heterocycles. The fourth-order valence-corrected chi connectivity index (χ4v) is 1.93. The third kappa shape index (κ3) is 4.90. The van der Waals surface area contributed by atoms with Crippen LogP contribution in [-0.2, 0) is 4.74 Å². The smallest absolute Gasteiger partial charge is 0.134 e. The zero-order chi connectivity index (χ0) is 13.8. The number of ether oxygens (including phenoxy) is 1. The predicted octanol–water partition coefficient (Wildman–Crippen LogP) is 3.59. The van der Waals surface area contributed by atoms with E-state index in [0.29, 0.717) is 19.1 Å². The predicted molar refractivity (Wildman–Crippen MR) is 78.0 cm³/mol. The summed E-state index contributed by atoms with van der Waals surface area (Å²) in [6, 6.07) is 1.88. The van der Waals surface area contributed by atoms with Gasteiger partial charge in [-0.25, -0.2) is 9.97 Å². The average molecular weight is 316 g/mol. The summed E-state index contributed by atoms with van der Waals surface area (Å²) in [5.74, 6) is 1.97. The fraction of sp³-hybridized carbons (Fsp3) is 0.692. The standard InChI is InChI=1S/C13H22BrN3O/c1-6-18-13(4,5)8-15-11-7-10(14)16-12(17-11)9(2)3/h7,9H,6,8H2,1-5H3,(H,15,16,17). The summed E-state index contributed by atoms with van der Waals surface area (Å²) in [4.78, 5) is 8.84. The van der Waals surface area contributed by atoms with Gasteiger partial charge in [-0.05, 0) is 36.7 Å². The number of anilines is 1. The van der Waals surface area contributed by atoms with Crippen LogP contribution in [0.5, 0.6) is 0 Å². The summed E-state index contributed by atoms with van der Waals surface area (Å²) in [6.07, 6.45) is 0. The van der Waals surface area contributed by atoms with Crippen LogP contribution in [0.15, 0.2) is 10.7 Å². The van der Waals surface area contributed by atoms with Gasteiger partial charge in [0.1, 0.15) is 16.2 Å². The van der Waals surface area contributed by atoms with E-state index in [9.17, 15) is 0 Å². The number of aromatic nitrogens is 2. The van der Waals surface area contributed by atoms with Crippen LogP contribution >= 0.6 is 15.9 Å². The molecule has 0 aliphatic carbocycles. The van der Waals surface area contributed by atoms with E-state index in [1.54, 1.807) is 0 Å². The summed E-state index contributed by atoms with van der Waals surface area (Å²) in [6.45, 7) is 11.7. The first-order valence-corrected chi connectivity index (χ1v) is 7.05. The van der Waals surface area contributed by atoms with Gasteiger partial charge in [-0.15, -0.1) is 0 Å². The Morgan fingerprint density at radius 1 is 1.39 bits per heavy atom. The minimum atomic E-state index is -0.204. The van der Waals surface area contributed by atoms with Gasteiger partial charge in [0.15, 0.2) is 0 Å². The SMILES string of the molecule is CCOC(C)(C)CNc1cc(Br)nc(C(C)C)n1. The zero-order valence-electron chi connectivity index (χ0n) is 11.7. The quantitative estimate of drug-likeness (QED) is 0.815. The summed E-state index contributed by atoms with van der Waals surface area (Å²) in [5, 5.41) is 3.30. The maximum Gasteiger partial charge on any atom is 0.134 e. The van der Waals surface area contributed by atoms with E-state index in [1.807, 2.05) is 13.0 Å². The molecule has 0 spiro atoms. The first kappa shape index (κ1) is 15.4. The van der Waals surface area contributed by atoms with Crippen molar-refractivity contribution in [3.8, 4) is 0 Å². The fourth-order valence-electron chi connectivity index (χ4n) is 1.53. The molecular formula is C13H22BrN3O. The van der Waals surface area contributed by atoms with E-state index >= 15 is 0 Å². The van der Waals surface area contributed by atoms with Crippen molar-refractivity contribution in [2.75, 3.05) is 18.5 Å². The van der Waals surface area contributed by atoms with Crippen LogP contribution in [0, 0.1) is 0 Å². The molecule has 1 rings (SSSR count). The first-order chi connectivity index (χ1) is 8.34. The van der Waals surface area contributed by atoms with E-state index in [-0.39, 0.29) is 5.60 Å². The molecule has 0 bridgehead atoms. The van der Waals surface area contributed by atoms with Gasteiger partial charge >= 0.3 is 0 Å². The van der Waals surface area contributed by atoms with Crippen LogP contribution < -0.4 is 5.32 Å². The van der Waals surface area contributed by atoms with Gasteiger partial charge in [-0.2, -0.15) is 0 Å². The Bertz CT molecular complexity index is 394. The zero-order valence-corrected chi connectivity index (χ0v) is 13.3. The minimum absolute atomic E-state index is 0.204. The molecule has 5 heteroatoms. The second kappa shape index (κ2) is 6.48. The highest BCUT2D eigenvalue weighted by atomic mass is 79.9. The number of nitrogens with one attached hydrogen (secondary N) is 1. The first-order valence-electron chi connectivity index (χ1n) is 6.26. The van der Waals surface area contributed by atoms with E-state index in [2.05, 4.69) is 58.9 Å². The highest BCUT2D eigenvalue weighted by Crippen LogP contribution is 2.18. The van der Waals surface area contributed by atoms with Crippen molar-refractivity contribution < 1.29 is 4.74 Å². The summed E-state index contributed by atoms with van der Waals surface area (Å²) in [5.41, 5.74) is -0.204. The molecule has 0 radical (unpaired) electrons. The van der Waals surface area contributed by atoms with Crippen molar-refractivity contribution in [3.63, 3.8) is 0 Å². The monoisotopic (exact) mass is 315 g/mol. The number of halogens is 1. The topological polar surface area (TPSA) is 47.0 Å². The molecule has 0 saturated carbocycles. The second-order valence-electron chi connectivity index (χ2n) is 5.14. The molecule has 0 saturated heterocycles. The molecule has 0 atom stereocenters. The van der Waals surface area contributed by atoms with Crippen LogP contribution in [0.2, 0.25) is 0 Å². The van der Waals surface area contributed by atoms with Crippen molar-refractivity contribution in [2.45, 2.75) is 46.1 Å². The molecule has 0 fully saturated rings. The van der Waals surface area contributed by atoms with Crippen LogP contribution in [0.25, 0.3) is 0 Å². The molecule has 18 heavy (non-hydrogen) atoms. The van der Waals surface area contributed by atoms with Gasteiger partial charge in [0.2, 0.25) is 0 Å². The van der Waals surface area contributed by atoms with Crippen LogP contribution in [-0.4, -0.2) is 28.7 Å². The van der Waals surface area contributed by atoms with Gasteiger partial charge < -0.3 is 10.1 Å². The normalized spacial score (nSPS) is 11.9. The van der Waals surface area contributed by atoms with Gasteiger partial charge in [0.25, 0.3) is 0 Å². The maximum absolute atomic E-state index is 5.64. The minimum Gasteiger partial charge on any atom is -0.374 e. The van der Waals surface area contributed by atoms with Crippen molar-refractivity contribution in [3.05, 3.63) is 16.5 Å². The maximum atomic E-state index is 5.64. The molecule has 0 aliphatic rings. The van der Waals surface area contributed by atoms with Crippen LogP contribution in [0.3, 0.4) is 0 Å². The summed E-state index contributed by atoms with van der Waals surface area (Å²) >= 11 is 3.41. The number of nitrogens with zero attached hydrogens (tertiary/aromatic N) is 2. The van der Waals surface area contributed by atoms with Crippen molar-refractivity contribution in [1.82, 2.24) is 9.97 Å². The van der Waals surface area contributed by atoms with E-state index in [0.717, 1.165) is 16.2 Å². The molecule has 0 aliphatic heterocycles. The lowest BCUT2D eigenvalue weighted by Gasteiger charge is -2.25. The van der Waals surface area contributed by atoms with Gasteiger partial charge in [0.05, 0.1) is 5.60 Å². The lowest BCUT2D eigenvalue weighted by molar-refractivity contribution is 0.000636. The lowest BCUT2D eigenvalue weighted by Crippen LogP contribution is -2.33. The molecule has 4 nitrogen and oxygen atoms in total. The van der Waals surface area contributed by atoms with Gasteiger partial charge in [-0.3, -0.25) is 0 Å². The van der Waals surface area contributed by atoms with Crippen LogP contribution in [0.1, 0.15) is 46.4 Å². The molecular weight excluding hydrogens is 294 g/mol. The Balaban J connectivity index is 2.73. The number of rotatable bonds is 6. The summed E-state index contributed by atoms with van der Waals surface area (Å²) < 4.78 is 6.44. The van der Waals surface area contributed by atoms with Crippen LogP contribution in [0.4, 0.5) is 5.82 Å². The van der Waals surface area contributed by atoms with E-state index in [1.165, 1.54) is 0 Å². The molecule has 1 heterocycles. The molecule has 1 aromatic rings. The molecule has 1 N–H and O–H groups in total. The van der Waals surface area contributed by atoms with Crippen molar-refractivity contribution in [2.24, 2.45) is 0 Å². The van der Waals surface area contributed by atoms with E-state index in [4.69, 9.17) is 4.74 Å². The van der Waals surface area contributed by atoms with Crippen molar-refractivity contribution in [1.29, 1.82) is 0 Å². The lowest BCUT2D eigenvalue weighted by atomic mass is 10.1. The Hall–Kier alpha value is -0.680. The highest BCUT2D eigenvalue weighted by molar-refractivity contribution is 9.10. The molecule has 102 valence electrons. The Kier molecular flexibility index (Phi) is 5.53. The number of hydrogen-bond acceptors (Lipinski definition) is 4. The third-order valence-electron chi connectivity index (χ3n) is 2.46. The Labute approximate surface area is 118 Å². The highest BCUT2D eigenvalue weighted by Gasteiger charge is 2.17. The largest absolute Gasteiger partial charge is 0.374 e. The van der Waals surface area contributed by atoms with E-state index < -0.39 is 0 Å².